The first-order valence-corrected chi connectivity index (χ1v) is 8.06. The summed E-state index contributed by atoms with van der Waals surface area (Å²) in [7, 11) is 0. The van der Waals surface area contributed by atoms with Gasteiger partial charge in [0.2, 0.25) is 5.91 Å². The molecule has 2 aromatic rings. The predicted molar refractivity (Wildman–Crippen MR) is 88.2 cm³/mol. The zero-order valence-electron chi connectivity index (χ0n) is 14.6. The van der Waals surface area contributed by atoms with Gasteiger partial charge in [0.15, 0.2) is 0 Å². The number of nitrogens with zero attached hydrogens (tertiary/aromatic N) is 3. The van der Waals surface area contributed by atoms with Gasteiger partial charge in [-0.05, 0) is 46.1 Å². The van der Waals surface area contributed by atoms with Crippen LogP contribution in [0.2, 0.25) is 0 Å². The second-order valence-corrected chi connectivity index (χ2v) is 6.32. The second-order valence-electron chi connectivity index (χ2n) is 6.32. The second kappa shape index (κ2) is 7.44. The van der Waals surface area contributed by atoms with Gasteiger partial charge in [-0.15, -0.1) is 0 Å². The molecule has 0 aliphatic rings. The number of hydrogen-bond acceptors (Lipinski definition) is 4. The van der Waals surface area contributed by atoms with Crippen LogP contribution in [0.4, 0.5) is 0 Å². The molecule has 0 aromatic carbocycles. The zero-order valence-corrected chi connectivity index (χ0v) is 14.6. The molecule has 23 heavy (non-hydrogen) atoms. The lowest BCUT2D eigenvalue weighted by molar-refractivity contribution is -0.121. The van der Waals surface area contributed by atoms with Crippen LogP contribution in [0, 0.1) is 33.6 Å². The van der Waals surface area contributed by atoms with Gasteiger partial charge in [-0.2, -0.15) is 5.10 Å². The molecule has 6 nitrogen and oxygen atoms in total. The summed E-state index contributed by atoms with van der Waals surface area (Å²) in [6.07, 6.45) is 1.12. The van der Waals surface area contributed by atoms with Gasteiger partial charge in [0.05, 0.1) is 11.4 Å². The molecule has 2 aromatic heterocycles. The third-order valence-corrected chi connectivity index (χ3v) is 4.02. The van der Waals surface area contributed by atoms with Crippen LogP contribution in [0.25, 0.3) is 0 Å². The van der Waals surface area contributed by atoms with Crippen molar-refractivity contribution >= 4 is 5.91 Å². The van der Waals surface area contributed by atoms with Crippen LogP contribution < -0.4 is 5.32 Å². The lowest BCUT2D eigenvalue weighted by atomic mass is 10.1. The number of amides is 1. The molecular weight excluding hydrogens is 292 g/mol. The van der Waals surface area contributed by atoms with E-state index in [1.807, 2.05) is 25.5 Å². The van der Waals surface area contributed by atoms with Crippen LogP contribution in [-0.4, -0.2) is 27.4 Å². The molecule has 6 heteroatoms. The van der Waals surface area contributed by atoms with Crippen molar-refractivity contribution in [2.24, 2.45) is 5.92 Å². The highest BCUT2D eigenvalue weighted by atomic mass is 16.5. The topological polar surface area (TPSA) is 73.0 Å². The van der Waals surface area contributed by atoms with Crippen molar-refractivity contribution in [3.05, 3.63) is 34.5 Å². The SMILES string of the molecule is Cc1cc(C)n(C[C@@H](C)CNC(=O)CCc2c(C)noc2C)n1. The molecule has 0 fully saturated rings. The minimum Gasteiger partial charge on any atom is -0.361 e. The maximum atomic E-state index is 12.0. The number of nitrogens with one attached hydrogen (secondary N) is 1. The van der Waals surface area contributed by atoms with Crippen molar-refractivity contribution < 1.29 is 9.32 Å². The van der Waals surface area contributed by atoms with Gasteiger partial charge in [-0.1, -0.05) is 12.1 Å². The van der Waals surface area contributed by atoms with Gasteiger partial charge < -0.3 is 9.84 Å². The van der Waals surface area contributed by atoms with Gasteiger partial charge in [0.1, 0.15) is 5.76 Å². The molecule has 2 heterocycles. The van der Waals surface area contributed by atoms with E-state index in [0.29, 0.717) is 25.3 Å². The fourth-order valence-corrected chi connectivity index (χ4v) is 2.69. The van der Waals surface area contributed by atoms with Gasteiger partial charge in [-0.3, -0.25) is 9.48 Å². The summed E-state index contributed by atoms with van der Waals surface area (Å²) in [5.41, 5.74) is 4.08. The third-order valence-electron chi connectivity index (χ3n) is 4.02. The summed E-state index contributed by atoms with van der Waals surface area (Å²) in [6.45, 7) is 11.4. The summed E-state index contributed by atoms with van der Waals surface area (Å²) in [5.74, 6) is 1.19. The molecule has 126 valence electrons. The maximum Gasteiger partial charge on any atom is 0.220 e. The van der Waals surface area contributed by atoms with E-state index >= 15 is 0 Å². The molecule has 0 spiro atoms. The van der Waals surface area contributed by atoms with Crippen molar-refractivity contribution in [1.29, 1.82) is 0 Å². The number of hydrogen-bond donors (Lipinski definition) is 1. The predicted octanol–water partition coefficient (Wildman–Crippen LogP) is 2.49. The van der Waals surface area contributed by atoms with Gasteiger partial charge >= 0.3 is 0 Å². The zero-order chi connectivity index (χ0) is 17.0. The smallest absolute Gasteiger partial charge is 0.220 e. The fraction of sp³-hybridized carbons (Fsp3) is 0.588. The van der Waals surface area contributed by atoms with Crippen LogP contribution >= 0.6 is 0 Å². The Kier molecular flexibility index (Phi) is 5.58. The van der Waals surface area contributed by atoms with Crippen LogP contribution in [-0.2, 0) is 17.8 Å². The normalized spacial score (nSPS) is 12.4. The average Bonchev–Trinajstić information content (AvgIpc) is 2.97. The quantitative estimate of drug-likeness (QED) is 0.851. The lowest BCUT2D eigenvalue weighted by Gasteiger charge is -2.14. The van der Waals surface area contributed by atoms with Crippen molar-refractivity contribution in [3.8, 4) is 0 Å². The summed E-state index contributed by atoms with van der Waals surface area (Å²) in [5, 5.41) is 11.4. The number of carbonyl (C=O) groups excluding carboxylic acids is 1. The molecule has 0 aliphatic carbocycles. The first-order valence-electron chi connectivity index (χ1n) is 8.06. The van der Waals surface area contributed by atoms with E-state index in [2.05, 4.69) is 35.5 Å². The number of rotatable bonds is 7. The molecule has 1 atom stereocenters. The van der Waals surface area contributed by atoms with Crippen molar-refractivity contribution in [3.63, 3.8) is 0 Å². The summed E-state index contributed by atoms with van der Waals surface area (Å²) in [4.78, 5) is 12.0. The Morgan fingerprint density at radius 2 is 2.09 bits per heavy atom. The highest BCUT2D eigenvalue weighted by Gasteiger charge is 2.12. The third kappa shape index (κ3) is 4.68. The van der Waals surface area contributed by atoms with Crippen molar-refractivity contribution in [2.45, 2.75) is 54.0 Å². The van der Waals surface area contributed by atoms with Gasteiger partial charge in [0, 0.05) is 30.8 Å². The Morgan fingerprint density at radius 1 is 1.35 bits per heavy atom. The molecule has 1 N–H and O–H groups in total. The molecular formula is C17H26N4O2. The van der Waals surface area contributed by atoms with E-state index in [-0.39, 0.29) is 5.91 Å². The molecule has 0 saturated heterocycles. The molecule has 0 radical (unpaired) electrons. The number of carbonyl (C=O) groups is 1. The number of aryl methyl sites for hydroxylation is 4. The standard InChI is InChI=1S/C17H26N4O2/c1-11(10-21-13(3)8-12(2)19-21)9-18-17(22)7-6-16-14(4)20-23-15(16)5/h8,11H,6-7,9-10H2,1-5H3,(H,18,22)/t11-/m0/s1. The molecule has 1 amide bonds. The lowest BCUT2D eigenvalue weighted by Crippen LogP contribution is -2.30. The minimum atomic E-state index is 0.0604. The molecule has 0 unspecified atom stereocenters. The van der Waals surface area contributed by atoms with Crippen LogP contribution in [0.15, 0.2) is 10.6 Å². The Labute approximate surface area is 137 Å². The summed E-state index contributed by atoms with van der Waals surface area (Å²) in [6, 6.07) is 2.06. The van der Waals surface area contributed by atoms with Crippen LogP contribution in [0.3, 0.4) is 0 Å². The number of aromatic nitrogens is 3. The van der Waals surface area contributed by atoms with E-state index in [1.165, 1.54) is 0 Å². The highest BCUT2D eigenvalue weighted by molar-refractivity contribution is 5.76. The molecule has 0 saturated carbocycles. The van der Waals surface area contributed by atoms with E-state index in [4.69, 9.17) is 4.52 Å². The molecule has 2 rings (SSSR count). The van der Waals surface area contributed by atoms with Gasteiger partial charge in [0.25, 0.3) is 0 Å². The van der Waals surface area contributed by atoms with Crippen LogP contribution in [0.5, 0.6) is 0 Å². The Morgan fingerprint density at radius 3 is 2.65 bits per heavy atom. The fourth-order valence-electron chi connectivity index (χ4n) is 2.69. The van der Waals surface area contributed by atoms with E-state index in [9.17, 15) is 4.79 Å². The Hall–Kier alpha value is -2.11. The van der Waals surface area contributed by atoms with Crippen LogP contribution in [0.1, 0.15) is 41.8 Å². The monoisotopic (exact) mass is 318 g/mol. The Bertz CT molecular complexity index is 653. The van der Waals surface area contributed by atoms with Crippen molar-refractivity contribution in [1.82, 2.24) is 20.3 Å². The highest BCUT2D eigenvalue weighted by Crippen LogP contribution is 2.14. The van der Waals surface area contributed by atoms with E-state index < -0.39 is 0 Å². The average molecular weight is 318 g/mol. The summed E-state index contributed by atoms with van der Waals surface area (Å²) >= 11 is 0. The first-order chi connectivity index (χ1) is 10.9. The first kappa shape index (κ1) is 17.2. The largest absolute Gasteiger partial charge is 0.361 e. The molecule has 0 bridgehead atoms. The Balaban J connectivity index is 1.74. The molecule has 0 aliphatic heterocycles. The van der Waals surface area contributed by atoms with Crippen molar-refractivity contribution in [2.75, 3.05) is 6.54 Å². The van der Waals surface area contributed by atoms with Gasteiger partial charge in [-0.25, -0.2) is 0 Å². The minimum absolute atomic E-state index is 0.0604. The maximum absolute atomic E-state index is 12.0. The summed E-state index contributed by atoms with van der Waals surface area (Å²) < 4.78 is 7.11. The van der Waals surface area contributed by atoms with E-state index in [0.717, 1.165) is 35.0 Å². The van der Waals surface area contributed by atoms with E-state index in [1.54, 1.807) is 0 Å².